The fourth-order valence-corrected chi connectivity index (χ4v) is 1.63. The van der Waals surface area contributed by atoms with Crippen molar-refractivity contribution >= 4 is 6.21 Å². The summed E-state index contributed by atoms with van der Waals surface area (Å²) in [6.45, 7) is 1.61. The smallest absolute Gasteiger partial charge is 0.241 e. The zero-order valence-electron chi connectivity index (χ0n) is 10.1. The van der Waals surface area contributed by atoms with Crippen LogP contribution in [0.3, 0.4) is 0 Å². The number of hydrogen-bond acceptors (Lipinski definition) is 3. The molecule has 0 aromatic heterocycles. The van der Waals surface area contributed by atoms with E-state index in [1.807, 2.05) is 30.3 Å². The summed E-state index contributed by atoms with van der Waals surface area (Å²) >= 11 is 0. The summed E-state index contributed by atoms with van der Waals surface area (Å²) in [4.78, 5) is 14.9. The van der Waals surface area contributed by atoms with Crippen molar-refractivity contribution in [3.05, 3.63) is 69.9 Å². The number of allylic oxidation sites excluding steroid dienone is 1. The largest absolute Gasteiger partial charge is 0.264 e. The zero-order valence-corrected chi connectivity index (χ0v) is 10.1. The van der Waals surface area contributed by atoms with Crippen molar-refractivity contribution in [1.82, 2.24) is 0 Å². The SMILES string of the molecule is CC1([N+](=O)[O-])C=CC(N=Cc2ccccc2)=CC1. The number of nitrogens with zero attached hydrogens (tertiary/aromatic N) is 2. The van der Waals surface area contributed by atoms with Gasteiger partial charge in [0, 0.05) is 24.5 Å². The Bertz CT molecular complexity index is 532. The maximum atomic E-state index is 10.8. The molecule has 4 heteroatoms. The minimum atomic E-state index is -0.994. The molecule has 1 aromatic carbocycles. The van der Waals surface area contributed by atoms with Crippen molar-refractivity contribution in [2.45, 2.75) is 18.9 Å². The van der Waals surface area contributed by atoms with Gasteiger partial charge in [0.2, 0.25) is 5.54 Å². The van der Waals surface area contributed by atoms with E-state index in [0.717, 1.165) is 11.3 Å². The Labute approximate surface area is 106 Å². The standard InChI is InChI=1S/C14H14N2O2/c1-14(16(17)18)9-7-13(8-10-14)15-11-12-5-3-2-4-6-12/h2-9,11H,10H2,1H3. The maximum absolute atomic E-state index is 10.8. The molecule has 4 nitrogen and oxygen atoms in total. The van der Waals surface area contributed by atoms with Gasteiger partial charge in [-0.1, -0.05) is 36.4 Å². The minimum absolute atomic E-state index is 0.266. The lowest BCUT2D eigenvalue weighted by atomic mass is 9.93. The van der Waals surface area contributed by atoms with E-state index >= 15 is 0 Å². The average Bonchev–Trinajstić information content (AvgIpc) is 2.39. The van der Waals surface area contributed by atoms with E-state index in [0.29, 0.717) is 6.42 Å². The Kier molecular flexibility index (Phi) is 3.37. The number of nitro groups is 1. The van der Waals surface area contributed by atoms with Gasteiger partial charge in [0.05, 0.1) is 5.70 Å². The highest BCUT2D eigenvalue weighted by Gasteiger charge is 2.34. The van der Waals surface area contributed by atoms with Crippen molar-refractivity contribution in [1.29, 1.82) is 0 Å². The molecule has 1 atom stereocenters. The van der Waals surface area contributed by atoms with Crippen LogP contribution in [0.1, 0.15) is 18.9 Å². The summed E-state index contributed by atoms with van der Waals surface area (Å²) in [5, 5.41) is 10.8. The average molecular weight is 242 g/mol. The van der Waals surface area contributed by atoms with Crippen molar-refractivity contribution in [3.63, 3.8) is 0 Å². The predicted octanol–water partition coefficient (Wildman–Crippen LogP) is 2.98. The monoisotopic (exact) mass is 242 g/mol. The normalized spacial score (nSPS) is 23.1. The van der Waals surface area contributed by atoms with Crippen LogP contribution < -0.4 is 0 Å². The third-order valence-corrected chi connectivity index (χ3v) is 2.92. The van der Waals surface area contributed by atoms with Crippen molar-refractivity contribution in [2.24, 2.45) is 4.99 Å². The lowest BCUT2D eigenvalue weighted by Gasteiger charge is -2.17. The second-order valence-corrected chi connectivity index (χ2v) is 4.45. The first-order chi connectivity index (χ1) is 8.60. The molecule has 2 rings (SSSR count). The molecule has 0 fully saturated rings. The molecule has 0 N–H and O–H groups in total. The lowest BCUT2D eigenvalue weighted by molar-refractivity contribution is -0.549. The van der Waals surface area contributed by atoms with Gasteiger partial charge in [0.15, 0.2) is 0 Å². The first kappa shape index (κ1) is 12.2. The van der Waals surface area contributed by atoms with Gasteiger partial charge in [-0.15, -0.1) is 0 Å². The third kappa shape index (κ3) is 2.71. The summed E-state index contributed by atoms with van der Waals surface area (Å²) in [5.41, 5.74) is 0.777. The van der Waals surface area contributed by atoms with Gasteiger partial charge >= 0.3 is 0 Å². The number of rotatable bonds is 3. The summed E-state index contributed by atoms with van der Waals surface area (Å²) in [6, 6.07) is 9.74. The van der Waals surface area contributed by atoms with E-state index in [-0.39, 0.29) is 4.92 Å². The molecule has 0 bridgehead atoms. The van der Waals surface area contributed by atoms with Gasteiger partial charge in [-0.05, 0) is 17.7 Å². The lowest BCUT2D eigenvalue weighted by Crippen LogP contribution is -2.32. The molecular weight excluding hydrogens is 228 g/mol. The second kappa shape index (κ2) is 4.96. The summed E-state index contributed by atoms with van der Waals surface area (Å²) < 4.78 is 0. The van der Waals surface area contributed by atoms with Crippen molar-refractivity contribution in [2.75, 3.05) is 0 Å². The Morgan fingerprint density at radius 2 is 2.11 bits per heavy atom. The fraction of sp³-hybridized carbons (Fsp3) is 0.214. The number of aliphatic imine (C=N–C) groups is 1. The molecule has 0 radical (unpaired) electrons. The van der Waals surface area contributed by atoms with Gasteiger partial charge in [-0.25, -0.2) is 0 Å². The molecule has 1 aromatic rings. The highest BCUT2D eigenvalue weighted by Crippen LogP contribution is 2.23. The van der Waals surface area contributed by atoms with Gasteiger partial charge < -0.3 is 0 Å². The van der Waals surface area contributed by atoms with E-state index in [2.05, 4.69) is 4.99 Å². The summed E-state index contributed by atoms with van der Waals surface area (Å²) in [6.07, 6.45) is 7.22. The molecule has 0 saturated heterocycles. The molecule has 0 aliphatic heterocycles. The second-order valence-electron chi connectivity index (χ2n) is 4.45. The maximum Gasteiger partial charge on any atom is 0.241 e. The van der Waals surface area contributed by atoms with Crippen LogP contribution in [-0.4, -0.2) is 16.7 Å². The molecule has 18 heavy (non-hydrogen) atoms. The Morgan fingerprint density at radius 1 is 1.39 bits per heavy atom. The fourth-order valence-electron chi connectivity index (χ4n) is 1.63. The van der Waals surface area contributed by atoms with Crippen LogP contribution in [0.5, 0.6) is 0 Å². The van der Waals surface area contributed by atoms with Crippen LogP contribution >= 0.6 is 0 Å². The quantitative estimate of drug-likeness (QED) is 0.465. The van der Waals surface area contributed by atoms with E-state index in [9.17, 15) is 10.1 Å². The van der Waals surface area contributed by atoms with E-state index in [1.54, 1.807) is 31.4 Å². The highest BCUT2D eigenvalue weighted by molar-refractivity contribution is 5.80. The van der Waals surface area contributed by atoms with Crippen LogP contribution in [0.4, 0.5) is 0 Å². The summed E-state index contributed by atoms with van der Waals surface area (Å²) in [7, 11) is 0. The topological polar surface area (TPSA) is 55.5 Å². The van der Waals surface area contributed by atoms with Gasteiger partial charge in [0.25, 0.3) is 0 Å². The van der Waals surface area contributed by atoms with Crippen molar-refractivity contribution < 1.29 is 4.92 Å². The van der Waals surface area contributed by atoms with Gasteiger partial charge in [-0.2, -0.15) is 0 Å². The molecule has 0 spiro atoms. The third-order valence-electron chi connectivity index (χ3n) is 2.92. The summed E-state index contributed by atoms with van der Waals surface area (Å²) in [5.74, 6) is 0. The molecule has 0 amide bonds. The first-order valence-corrected chi connectivity index (χ1v) is 5.73. The number of benzene rings is 1. The van der Waals surface area contributed by atoms with Gasteiger partial charge in [0.1, 0.15) is 0 Å². The number of hydrogen-bond donors (Lipinski definition) is 0. The highest BCUT2D eigenvalue weighted by atomic mass is 16.6. The van der Waals surface area contributed by atoms with Gasteiger partial charge in [-0.3, -0.25) is 15.1 Å². The van der Waals surface area contributed by atoms with Crippen molar-refractivity contribution in [3.8, 4) is 0 Å². The Hall–Kier alpha value is -2.23. The van der Waals surface area contributed by atoms with E-state index < -0.39 is 5.54 Å². The van der Waals surface area contributed by atoms with E-state index in [4.69, 9.17) is 0 Å². The van der Waals surface area contributed by atoms with E-state index in [1.165, 1.54) is 0 Å². The Morgan fingerprint density at radius 3 is 2.67 bits per heavy atom. The van der Waals surface area contributed by atoms with Crippen LogP contribution in [-0.2, 0) is 0 Å². The van der Waals surface area contributed by atoms with Crippen LogP contribution in [0.2, 0.25) is 0 Å². The molecule has 0 saturated carbocycles. The Balaban J connectivity index is 2.07. The molecular formula is C14H14N2O2. The van der Waals surface area contributed by atoms with Crippen LogP contribution in [0.25, 0.3) is 0 Å². The van der Waals surface area contributed by atoms with Crippen LogP contribution in [0, 0.1) is 10.1 Å². The molecule has 1 unspecified atom stereocenters. The zero-order chi connectivity index (χ0) is 13.0. The predicted molar refractivity (Wildman–Crippen MR) is 71.3 cm³/mol. The molecule has 92 valence electrons. The van der Waals surface area contributed by atoms with Crippen LogP contribution in [0.15, 0.2) is 59.2 Å². The minimum Gasteiger partial charge on any atom is -0.264 e. The first-order valence-electron chi connectivity index (χ1n) is 5.73. The molecule has 1 aliphatic carbocycles. The molecule has 1 aliphatic rings. The molecule has 0 heterocycles.